The van der Waals surface area contributed by atoms with Gasteiger partial charge in [0.1, 0.15) is 0 Å². The first-order valence-corrected chi connectivity index (χ1v) is 9.96. The molecule has 0 saturated carbocycles. The Morgan fingerprint density at radius 1 is 0.875 bits per heavy atom. The van der Waals surface area contributed by atoms with Gasteiger partial charge in [-0.1, -0.05) is 82.2 Å². The van der Waals surface area contributed by atoms with E-state index in [0.717, 1.165) is 17.2 Å². The number of aryl methyl sites for hydroxylation is 1. The Hall–Kier alpha value is -0.190. The minimum Gasteiger partial charge on any atom is -1.00 e. The molecule has 2 rings (SSSR count). The van der Waals surface area contributed by atoms with E-state index in [0.29, 0.717) is 4.90 Å². The van der Waals surface area contributed by atoms with E-state index in [2.05, 4.69) is 19.1 Å². The molecule has 2 nitrogen and oxygen atoms in total. The van der Waals surface area contributed by atoms with Crippen LogP contribution in [0.4, 0.5) is 0 Å². The fourth-order valence-corrected chi connectivity index (χ4v) is 3.73. The third-order valence-corrected chi connectivity index (χ3v) is 5.19. The van der Waals surface area contributed by atoms with Gasteiger partial charge in [0.25, 0.3) is 0 Å². The minimum absolute atomic E-state index is 0. The summed E-state index contributed by atoms with van der Waals surface area (Å²) in [6, 6.07) is 11.8. The van der Waals surface area contributed by atoms with E-state index < -0.39 is 11.1 Å². The maximum Gasteiger partial charge on any atom is 1.00 e. The van der Waals surface area contributed by atoms with Gasteiger partial charge >= 0.3 is 29.6 Å². The molecule has 0 aromatic heterocycles. The topological polar surface area (TPSA) is 37.3 Å². The van der Waals surface area contributed by atoms with Gasteiger partial charge in [-0.05, 0) is 29.9 Å². The molecular formula is C20H29NaO2S. The molecular weight excluding hydrogens is 327 g/mol. The van der Waals surface area contributed by atoms with Crippen LogP contribution in [0.5, 0.6) is 0 Å². The van der Waals surface area contributed by atoms with Crippen LogP contribution in [0.3, 0.4) is 0 Å². The van der Waals surface area contributed by atoms with Crippen molar-refractivity contribution in [3.63, 3.8) is 0 Å². The second-order valence-corrected chi connectivity index (χ2v) is 7.18. The van der Waals surface area contributed by atoms with Gasteiger partial charge < -0.3 is 5.98 Å². The van der Waals surface area contributed by atoms with Gasteiger partial charge in [-0.2, -0.15) is 0 Å². The van der Waals surface area contributed by atoms with Gasteiger partial charge in [-0.25, -0.2) is 4.21 Å². The predicted octanol–water partition coefficient (Wildman–Crippen LogP) is 3.22. The van der Waals surface area contributed by atoms with E-state index >= 15 is 0 Å². The Morgan fingerprint density at radius 2 is 1.46 bits per heavy atom. The fraction of sp³-hybridized carbons (Fsp3) is 0.500. The van der Waals surface area contributed by atoms with Crippen LogP contribution in [0, 0.1) is 0 Å². The molecule has 0 radical (unpaired) electrons. The molecule has 0 aliphatic heterocycles. The van der Waals surface area contributed by atoms with Crippen LogP contribution >= 0.6 is 0 Å². The maximum absolute atomic E-state index is 11.4. The Morgan fingerprint density at radius 3 is 2.12 bits per heavy atom. The van der Waals surface area contributed by atoms with Crippen molar-refractivity contribution in [1.29, 1.82) is 0 Å². The first-order chi connectivity index (χ1) is 11.2. The van der Waals surface area contributed by atoms with Gasteiger partial charge in [-0.15, -0.1) is 0 Å². The SMILES string of the molecule is CCCCCCCCCCc1cccc2c(S(=O)O)cccc12.[H-].[Na+]. The summed E-state index contributed by atoms with van der Waals surface area (Å²) >= 11 is -1.92. The molecule has 0 bridgehead atoms. The van der Waals surface area contributed by atoms with Crippen molar-refractivity contribution < 1.29 is 39.7 Å². The summed E-state index contributed by atoms with van der Waals surface area (Å²) in [6.07, 6.45) is 11.6. The van der Waals surface area contributed by atoms with Crippen molar-refractivity contribution in [3.8, 4) is 0 Å². The molecule has 1 atom stereocenters. The summed E-state index contributed by atoms with van der Waals surface area (Å²) < 4.78 is 20.9. The summed E-state index contributed by atoms with van der Waals surface area (Å²) in [5.41, 5.74) is 1.29. The third kappa shape index (κ3) is 6.61. The Balaban J connectivity index is 0.00000288. The van der Waals surface area contributed by atoms with Crippen molar-refractivity contribution in [2.75, 3.05) is 0 Å². The van der Waals surface area contributed by atoms with E-state index in [4.69, 9.17) is 0 Å². The first kappa shape index (κ1) is 21.9. The van der Waals surface area contributed by atoms with Crippen molar-refractivity contribution in [2.45, 2.75) is 69.6 Å². The molecule has 1 N–H and O–H groups in total. The molecule has 24 heavy (non-hydrogen) atoms. The van der Waals surface area contributed by atoms with Crippen LogP contribution in [0.15, 0.2) is 41.3 Å². The number of benzene rings is 2. The van der Waals surface area contributed by atoms with E-state index in [-0.39, 0.29) is 31.0 Å². The second kappa shape index (κ2) is 12.2. The Bertz CT molecular complexity index is 649. The molecule has 1 unspecified atom stereocenters. The summed E-state index contributed by atoms with van der Waals surface area (Å²) in [6.45, 7) is 2.25. The molecule has 0 heterocycles. The average molecular weight is 357 g/mol. The average Bonchev–Trinajstić information content (AvgIpc) is 2.56. The molecule has 2 aromatic rings. The molecule has 0 spiro atoms. The molecule has 0 amide bonds. The maximum atomic E-state index is 11.4. The van der Waals surface area contributed by atoms with Gasteiger partial charge in [-0.3, -0.25) is 0 Å². The van der Waals surface area contributed by atoms with Crippen LogP contribution in [0.25, 0.3) is 10.8 Å². The van der Waals surface area contributed by atoms with Crippen LogP contribution in [0.2, 0.25) is 0 Å². The van der Waals surface area contributed by atoms with E-state index in [1.54, 1.807) is 6.07 Å². The van der Waals surface area contributed by atoms with Crippen molar-refractivity contribution in [1.82, 2.24) is 0 Å². The van der Waals surface area contributed by atoms with E-state index in [9.17, 15) is 8.76 Å². The summed E-state index contributed by atoms with van der Waals surface area (Å²) in [5, 5.41) is 2.03. The van der Waals surface area contributed by atoms with Crippen molar-refractivity contribution >= 4 is 21.9 Å². The van der Waals surface area contributed by atoms with Crippen molar-refractivity contribution in [2.24, 2.45) is 0 Å². The molecule has 0 aliphatic carbocycles. The van der Waals surface area contributed by atoms with Crippen molar-refractivity contribution in [3.05, 3.63) is 42.0 Å². The zero-order chi connectivity index (χ0) is 16.5. The van der Waals surface area contributed by atoms with E-state index in [1.807, 2.05) is 18.2 Å². The summed E-state index contributed by atoms with van der Waals surface area (Å²) in [7, 11) is 0. The number of fused-ring (bicyclic) bond motifs is 1. The standard InChI is InChI=1S/C20H28O2S.Na.H/c1-2-3-4-5-6-7-8-9-12-17-13-10-15-19-18(17)14-11-16-20(19)23(21)22;;/h10-11,13-16H,2-9,12H2,1H3,(H,21,22);;/q;+1;-1. The van der Waals surface area contributed by atoms with Crippen LogP contribution in [-0.4, -0.2) is 8.76 Å². The number of hydrogen-bond donors (Lipinski definition) is 1. The predicted molar refractivity (Wildman–Crippen MR) is 100 cm³/mol. The van der Waals surface area contributed by atoms with Gasteiger partial charge in [0.2, 0.25) is 0 Å². The zero-order valence-corrected chi connectivity index (χ0v) is 17.9. The fourth-order valence-electron chi connectivity index (χ4n) is 3.17. The Kier molecular flexibility index (Phi) is 11.1. The molecule has 2 aromatic carbocycles. The number of rotatable bonds is 10. The number of unbranched alkanes of at least 4 members (excludes halogenated alkanes) is 7. The van der Waals surface area contributed by atoms with Crippen LogP contribution in [-0.2, 0) is 17.5 Å². The van der Waals surface area contributed by atoms with Gasteiger partial charge in [0.05, 0.1) is 4.90 Å². The molecule has 128 valence electrons. The summed E-state index contributed by atoms with van der Waals surface area (Å²) in [4.78, 5) is 0.514. The van der Waals surface area contributed by atoms with Crippen LogP contribution < -0.4 is 29.6 Å². The Labute approximate surface area is 172 Å². The number of hydrogen-bond acceptors (Lipinski definition) is 1. The minimum atomic E-state index is -1.92. The van der Waals surface area contributed by atoms with E-state index in [1.165, 1.54) is 56.9 Å². The molecule has 0 fully saturated rings. The normalized spacial score (nSPS) is 12.1. The first-order valence-electron chi connectivity index (χ1n) is 8.85. The second-order valence-electron chi connectivity index (χ2n) is 6.24. The van der Waals surface area contributed by atoms with Crippen LogP contribution in [0.1, 0.15) is 65.3 Å². The largest absolute Gasteiger partial charge is 1.00 e. The zero-order valence-electron chi connectivity index (χ0n) is 16.1. The molecule has 0 aliphatic rings. The quantitative estimate of drug-likeness (QED) is 0.403. The molecule has 4 heteroatoms. The smallest absolute Gasteiger partial charge is 1.00 e. The van der Waals surface area contributed by atoms with Gasteiger partial charge in [0, 0.05) is 5.39 Å². The van der Waals surface area contributed by atoms with Gasteiger partial charge in [0.15, 0.2) is 11.1 Å². The third-order valence-electron chi connectivity index (χ3n) is 4.46. The summed E-state index contributed by atoms with van der Waals surface area (Å²) in [5.74, 6) is 0. The monoisotopic (exact) mass is 356 g/mol. The molecule has 0 saturated heterocycles.